The van der Waals surface area contributed by atoms with Crippen LogP contribution in [0.2, 0.25) is 0 Å². The third kappa shape index (κ3) is 2.92. The molecule has 1 aliphatic rings. The van der Waals surface area contributed by atoms with E-state index in [-0.39, 0.29) is 18.1 Å². The lowest BCUT2D eigenvalue weighted by Gasteiger charge is -2.20. The second-order valence-corrected chi connectivity index (χ2v) is 4.33. The van der Waals surface area contributed by atoms with Gasteiger partial charge in [-0.1, -0.05) is 20.3 Å². The summed E-state index contributed by atoms with van der Waals surface area (Å²) in [6.07, 6.45) is 1.13. The lowest BCUT2D eigenvalue weighted by molar-refractivity contribution is -0.131. The highest BCUT2D eigenvalue weighted by Crippen LogP contribution is 2.15. The van der Waals surface area contributed by atoms with Crippen molar-refractivity contribution in [2.45, 2.75) is 39.3 Å². The molecule has 0 bridgehead atoms. The number of hydrogen-bond donors (Lipinski definition) is 1. The number of nitrogens with one attached hydrogen (secondary N) is 1. The summed E-state index contributed by atoms with van der Waals surface area (Å²) in [5, 5.41) is 3.26. The Hall–Kier alpha value is -0.610. The van der Waals surface area contributed by atoms with Crippen LogP contribution in [0.4, 0.5) is 0 Å². The number of amides is 1. The molecule has 0 saturated carbocycles. The monoisotopic (exact) mass is 214 g/mol. The standard InChI is InChI=1S/C11H22N2O2/c1-5-8(2)10-11(14)13(7-12-10)6-9(3)15-4/h8-10,12H,5-7H2,1-4H3. The largest absolute Gasteiger partial charge is 0.380 e. The summed E-state index contributed by atoms with van der Waals surface area (Å²) in [6, 6.07) is -0.000874. The molecule has 0 aromatic heterocycles. The number of carbonyl (C=O) groups excluding carboxylic acids is 1. The molecular formula is C11H22N2O2. The molecule has 1 heterocycles. The molecule has 4 heteroatoms. The normalized spacial score (nSPS) is 25.7. The zero-order valence-corrected chi connectivity index (χ0v) is 10.1. The van der Waals surface area contributed by atoms with Gasteiger partial charge < -0.3 is 9.64 Å². The number of nitrogens with zero attached hydrogens (tertiary/aromatic N) is 1. The van der Waals surface area contributed by atoms with Crippen molar-refractivity contribution in [3.63, 3.8) is 0 Å². The molecule has 1 aliphatic heterocycles. The van der Waals surface area contributed by atoms with Crippen LogP contribution < -0.4 is 5.32 Å². The highest BCUT2D eigenvalue weighted by Gasteiger charge is 2.34. The van der Waals surface area contributed by atoms with Gasteiger partial charge in [0.2, 0.25) is 5.91 Å². The minimum atomic E-state index is -0.000874. The first kappa shape index (κ1) is 12.5. The van der Waals surface area contributed by atoms with Crippen molar-refractivity contribution in [1.82, 2.24) is 10.2 Å². The van der Waals surface area contributed by atoms with Crippen LogP contribution in [-0.4, -0.2) is 43.3 Å². The van der Waals surface area contributed by atoms with Gasteiger partial charge in [0.05, 0.1) is 18.8 Å². The highest BCUT2D eigenvalue weighted by atomic mass is 16.5. The average molecular weight is 214 g/mol. The zero-order chi connectivity index (χ0) is 11.4. The van der Waals surface area contributed by atoms with Crippen molar-refractivity contribution in [3.8, 4) is 0 Å². The molecule has 4 nitrogen and oxygen atoms in total. The average Bonchev–Trinajstić information content (AvgIpc) is 2.59. The first-order valence-electron chi connectivity index (χ1n) is 5.65. The summed E-state index contributed by atoms with van der Waals surface area (Å²) in [5.41, 5.74) is 0. The molecule has 0 aliphatic carbocycles. The molecule has 88 valence electrons. The van der Waals surface area contributed by atoms with Crippen molar-refractivity contribution in [2.75, 3.05) is 20.3 Å². The minimum Gasteiger partial charge on any atom is -0.380 e. The summed E-state index contributed by atoms with van der Waals surface area (Å²) >= 11 is 0. The summed E-state index contributed by atoms with van der Waals surface area (Å²) in [4.78, 5) is 13.8. The van der Waals surface area contributed by atoms with E-state index >= 15 is 0 Å². The molecule has 1 rings (SSSR count). The topological polar surface area (TPSA) is 41.6 Å². The summed E-state index contributed by atoms with van der Waals surface area (Å²) in [6.45, 7) is 7.53. The molecule has 0 aromatic rings. The summed E-state index contributed by atoms with van der Waals surface area (Å²) in [7, 11) is 1.67. The Kier molecular flexibility index (Phi) is 4.54. The molecule has 1 fully saturated rings. The van der Waals surface area contributed by atoms with Crippen molar-refractivity contribution in [2.24, 2.45) is 5.92 Å². The molecule has 3 atom stereocenters. The minimum absolute atomic E-state index is 0.000874. The molecule has 1 saturated heterocycles. The fourth-order valence-electron chi connectivity index (χ4n) is 1.79. The quantitative estimate of drug-likeness (QED) is 0.737. The summed E-state index contributed by atoms with van der Waals surface area (Å²) < 4.78 is 5.16. The number of rotatable bonds is 5. The molecule has 15 heavy (non-hydrogen) atoms. The Labute approximate surface area is 92.0 Å². The second kappa shape index (κ2) is 5.47. The van der Waals surface area contributed by atoms with Gasteiger partial charge in [-0.05, 0) is 12.8 Å². The van der Waals surface area contributed by atoms with Gasteiger partial charge in [0.25, 0.3) is 0 Å². The molecule has 0 radical (unpaired) electrons. The van der Waals surface area contributed by atoms with Crippen LogP contribution in [-0.2, 0) is 9.53 Å². The van der Waals surface area contributed by atoms with Gasteiger partial charge in [-0.25, -0.2) is 0 Å². The van der Waals surface area contributed by atoms with Gasteiger partial charge >= 0.3 is 0 Å². The van der Waals surface area contributed by atoms with Crippen LogP contribution in [0.3, 0.4) is 0 Å². The third-order valence-corrected chi connectivity index (χ3v) is 3.17. The lowest BCUT2D eigenvalue weighted by atomic mass is 9.99. The van der Waals surface area contributed by atoms with Crippen LogP contribution in [0.1, 0.15) is 27.2 Å². The van der Waals surface area contributed by atoms with Crippen LogP contribution in [0.15, 0.2) is 0 Å². The Morgan fingerprint density at radius 3 is 2.80 bits per heavy atom. The Balaban J connectivity index is 2.49. The first-order valence-corrected chi connectivity index (χ1v) is 5.65. The molecular weight excluding hydrogens is 192 g/mol. The molecule has 0 aromatic carbocycles. The van der Waals surface area contributed by atoms with Crippen molar-refractivity contribution >= 4 is 5.91 Å². The zero-order valence-electron chi connectivity index (χ0n) is 10.1. The maximum atomic E-state index is 12.0. The summed E-state index contributed by atoms with van der Waals surface area (Å²) in [5.74, 6) is 0.619. The highest BCUT2D eigenvalue weighted by molar-refractivity contribution is 5.84. The van der Waals surface area contributed by atoms with Crippen LogP contribution in [0.5, 0.6) is 0 Å². The van der Waals surface area contributed by atoms with Crippen molar-refractivity contribution in [3.05, 3.63) is 0 Å². The van der Waals surface area contributed by atoms with E-state index in [1.165, 1.54) is 0 Å². The van der Waals surface area contributed by atoms with E-state index in [1.54, 1.807) is 7.11 Å². The Morgan fingerprint density at radius 2 is 2.27 bits per heavy atom. The van der Waals surface area contributed by atoms with E-state index in [0.29, 0.717) is 19.1 Å². The van der Waals surface area contributed by atoms with Crippen LogP contribution >= 0.6 is 0 Å². The Bertz CT molecular complexity index is 221. The predicted molar refractivity (Wildman–Crippen MR) is 59.4 cm³/mol. The SMILES string of the molecule is CCC(C)C1NCN(CC(C)OC)C1=O. The van der Waals surface area contributed by atoms with E-state index in [2.05, 4.69) is 19.2 Å². The fraction of sp³-hybridized carbons (Fsp3) is 0.909. The predicted octanol–water partition coefficient (Wildman–Crippen LogP) is 0.825. The van der Waals surface area contributed by atoms with E-state index in [9.17, 15) is 4.79 Å². The second-order valence-electron chi connectivity index (χ2n) is 4.33. The van der Waals surface area contributed by atoms with Crippen LogP contribution in [0.25, 0.3) is 0 Å². The van der Waals surface area contributed by atoms with Gasteiger partial charge in [0.1, 0.15) is 0 Å². The van der Waals surface area contributed by atoms with Gasteiger partial charge in [0, 0.05) is 13.7 Å². The first-order chi connectivity index (χ1) is 7.10. The van der Waals surface area contributed by atoms with Crippen LogP contribution in [0, 0.1) is 5.92 Å². The van der Waals surface area contributed by atoms with Gasteiger partial charge in [-0.3, -0.25) is 10.1 Å². The number of carbonyl (C=O) groups is 1. The number of methoxy groups -OCH3 is 1. The molecule has 0 spiro atoms. The van der Waals surface area contributed by atoms with E-state index in [0.717, 1.165) is 6.42 Å². The number of ether oxygens (including phenoxy) is 1. The smallest absolute Gasteiger partial charge is 0.241 e. The molecule has 3 unspecified atom stereocenters. The van der Waals surface area contributed by atoms with E-state index < -0.39 is 0 Å². The Morgan fingerprint density at radius 1 is 1.60 bits per heavy atom. The number of hydrogen-bond acceptors (Lipinski definition) is 3. The van der Waals surface area contributed by atoms with Crippen molar-refractivity contribution < 1.29 is 9.53 Å². The van der Waals surface area contributed by atoms with E-state index in [1.807, 2.05) is 11.8 Å². The third-order valence-electron chi connectivity index (χ3n) is 3.17. The molecule has 1 amide bonds. The molecule has 1 N–H and O–H groups in total. The van der Waals surface area contributed by atoms with Gasteiger partial charge in [-0.15, -0.1) is 0 Å². The van der Waals surface area contributed by atoms with Gasteiger partial charge in [-0.2, -0.15) is 0 Å². The maximum absolute atomic E-state index is 12.0. The van der Waals surface area contributed by atoms with E-state index in [4.69, 9.17) is 4.74 Å². The van der Waals surface area contributed by atoms with Gasteiger partial charge in [0.15, 0.2) is 0 Å². The maximum Gasteiger partial charge on any atom is 0.241 e. The lowest BCUT2D eigenvalue weighted by Crippen LogP contribution is -2.38. The fourth-order valence-corrected chi connectivity index (χ4v) is 1.79. The van der Waals surface area contributed by atoms with Crippen molar-refractivity contribution in [1.29, 1.82) is 0 Å².